The highest BCUT2D eigenvalue weighted by Gasteiger charge is 2.23. The first kappa shape index (κ1) is 25.2. The Morgan fingerprint density at radius 3 is 2.73 bits per heavy atom. The number of amides is 2. The van der Waals surface area contributed by atoms with Crippen molar-refractivity contribution in [2.45, 2.75) is 32.7 Å². The largest absolute Gasteiger partial charge is 0.324 e. The number of aryl methyl sites for hydroxylation is 1. The molecule has 13 heteroatoms. The number of benzene rings is 1. The maximum atomic E-state index is 13.2. The zero-order chi connectivity index (χ0) is 27.6. The number of aromatic amines is 1. The summed E-state index contributed by atoms with van der Waals surface area (Å²) in [6.07, 6.45) is 5.58. The highest BCUT2D eigenvalue weighted by Crippen LogP contribution is 2.30. The van der Waals surface area contributed by atoms with Gasteiger partial charge in [-0.25, -0.2) is 9.61 Å². The van der Waals surface area contributed by atoms with Gasteiger partial charge in [-0.15, -0.1) is 10.2 Å². The molecule has 6 rings (SSSR count). The van der Waals surface area contributed by atoms with Crippen LogP contribution in [0.2, 0.25) is 0 Å². The Hall–Kier alpha value is -5.04. The van der Waals surface area contributed by atoms with Crippen molar-refractivity contribution in [3.05, 3.63) is 66.2 Å². The number of hydrogen-bond donors (Lipinski definition) is 3. The quantitative estimate of drug-likeness (QED) is 0.284. The van der Waals surface area contributed by atoms with Crippen LogP contribution in [0, 0.1) is 6.92 Å². The molecule has 5 heterocycles. The molecule has 202 valence electrons. The van der Waals surface area contributed by atoms with Crippen LogP contribution in [0.4, 0.5) is 11.4 Å². The zero-order valence-corrected chi connectivity index (χ0v) is 22.0. The van der Waals surface area contributed by atoms with Crippen LogP contribution in [-0.4, -0.2) is 76.3 Å². The molecule has 0 radical (unpaired) electrons. The number of carbonyl (C=O) groups excluding carboxylic acids is 2. The van der Waals surface area contributed by atoms with E-state index >= 15 is 0 Å². The normalized spacial score (nSPS) is 15.4. The maximum Gasteiger partial charge on any atom is 0.278 e. The number of aromatic nitrogens is 8. The Balaban J connectivity index is 1.20. The average molecular weight is 538 g/mol. The van der Waals surface area contributed by atoms with Crippen LogP contribution >= 0.6 is 0 Å². The van der Waals surface area contributed by atoms with Gasteiger partial charge in [0.25, 0.3) is 5.91 Å². The highest BCUT2D eigenvalue weighted by atomic mass is 16.2. The Morgan fingerprint density at radius 2 is 1.95 bits per heavy atom. The van der Waals surface area contributed by atoms with Crippen molar-refractivity contribution >= 4 is 28.7 Å². The van der Waals surface area contributed by atoms with E-state index in [1.54, 1.807) is 36.0 Å². The summed E-state index contributed by atoms with van der Waals surface area (Å²) in [5, 5.41) is 28.2. The average Bonchev–Trinajstić information content (AvgIpc) is 3.72. The molecule has 1 aliphatic rings. The first-order valence-electron chi connectivity index (χ1n) is 13.0. The summed E-state index contributed by atoms with van der Waals surface area (Å²) in [5.41, 5.74) is 4.87. The fourth-order valence-electron chi connectivity index (χ4n) is 4.95. The summed E-state index contributed by atoms with van der Waals surface area (Å²) < 4.78 is 1.56. The zero-order valence-electron chi connectivity index (χ0n) is 22.0. The summed E-state index contributed by atoms with van der Waals surface area (Å²) in [6.45, 7) is 5.16. The first-order valence-corrected chi connectivity index (χ1v) is 13.0. The molecule has 0 spiro atoms. The number of carbonyl (C=O) groups is 2. The molecule has 5 aromatic rings. The molecule has 1 aliphatic heterocycles. The molecule has 3 N–H and O–H groups in total. The highest BCUT2D eigenvalue weighted by molar-refractivity contribution is 6.08. The van der Waals surface area contributed by atoms with Crippen molar-refractivity contribution in [2.75, 3.05) is 23.7 Å². The number of nitrogens with one attached hydrogen (secondary N) is 3. The molecular weight excluding hydrogens is 510 g/mol. The number of hydrogen-bond acceptors (Lipinski definition) is 9. The van der Waals surface area contributed by atoms with Gasteiger partial charge in [-0.05, 0) is 61.4 Å². The number of likely N-dealkylation sites (tertiary alicyclic amines) is 1. The van der Waals surface area contributed by atoms with Gasteiger partial charge in [-0.3, -0.25) is 19.5 Å². The van der Waals surface area contributed by atoms with E-state index in [9.17, 15) is 9.59 Å². The van der Waals surface area contributed by atoms with Crippen LogP contribution < -0.4 is 10.6 Å². The van der Waals surface area contributed by atoms with Crippen LogP contribution in [0.3, 0.4) is 0 Å². The monoisotopic (exact) mass is 537 g/mol. The van der Waals surface area contributed by atoms with Crippen LogP contribution in [0.5, 0.6) is 0 Å². The van der Waals surface area contributed by atoms with Crippen molar-refractivity contribution in [2.24, 2.45) is 0 Å². The van der Waals surface area contributed by atoms with Crippen molar-refractivity contribution in [3.8, 4) is 22.5 Å². The molecule has 0 aliphatic carbocycles. The smallest absolute Gasteiger partial charge is 0.278 e. The minimum atomic E-state index is -0.435. The maximum absolute atomic E-state index is 13.2. The lowest BCUT2D eigenvalue weighted by molar-refractivity contribution is -0.117. The van der Waals surface area contributed by atoms with Gasteiger partial charge >= 0.3 is 0 Å². The number of tetrazole rings is 1. The summed E-state index contributed by atoms with van der Waals surface area (Å²) >= 11 is 0. The predicted octanol–water partition coefficient (Wildman–Crippen LogP) is 2.95. The number of H-pyrrole nitrogens is 1. The topological polar surface area (TPSA) is 159 Å². The van der Waals surface area contributed by atoms with E-state index in [1.807, 2.05) is 30.3 Å². The first-order chi connectivity index (χ1) is 19.5. The molecule has 0 unspecified atom stereocenters. The van der Waals surface area contributed by atoms with Crippen LogP contribution in [0.15, 0.2) is 54.9 Å². The fourth-order valence-corrected chi connectivity index (χ4v) is 4.95. The molecule has 2 amide bonds. The van der Waals surface area contributed by atoms with Crippen LogP contribution in [-0.2, 0) is 4.79 Å². The number of nitrogens with zero attached hydrogens (tertiary/aromatic N) is 8. The molecule has 1 fully saturated rings. The Labute approximate surface area is 229 Å². The number of rotatable bonds is 7. The molecule has 13 nitrogen and oxygen atoms in total. The SMILES string of the molecule is Cc1ncc(NC(=O)CN2CCC[C@@H]2C)cc1NC(=O)c1nnn2cc(-c3ccccc3-c3nnn[nH]3)ccc12. The van der Waals surface area contributed by atoms with Gasteiger partial charge < -0.3 is 10.6 Å². The summed E-state index contributed by atoms with van der Waals surface area (Å²) in [4.78, 5) is 32.3. The van der Waals surface area contributed by atoms with E-state index in [2.05, 4.69) is 58.4 Å². The van der Waals surface area contributed by atoms with Gasteiger partial charge in [0, 0.05) is 23.4 Å². The van der Waals surface area contributed by atoms with Gasteiger partial charge in [0.15, 0.2) is 11.5 Å². The second-order valence-electron chi connectivity index (χ2n) is 9.80. The third-order valence-corrected chi connectivity index (χ3v) is 7.12. The number of anilines is 2. The van der Waals surface area contributed by atoms with Gasteiger partial charge in [0.1, 0.15) is 0 Å². The molecular formula is C27H27N11O2. The summed E-state index contributed by atoms with van der Waals surface area (Å²) in [7, 11) is 0. The summed E-state index contributed by atoms with van der Waals surface area (Å²) in [5.74, 6) is -0.00423. The molecule has 1 atom stereocenters. The molecule has 0 saturated carbocycles. The third-order valence-electron chi connectivity index (χ3n) is 7.12. The van der Waals surface area contributed by atoms with Crippen molar-refractivity contribution < 1.29 is 9.59 Å². The van der Waals surface area contributed by atoms with Gasteiger partial charge in [-0.1, -0.05) is 35.5 Å². The van der Waals surface area contributed by atoms with E-state index in [-0.39, 0.29) is 11.6 Å². The lowest BCUT2D eigenvalue weighted by atomic mass is 10.0. The van der Waals surface area contributed by atoms with Gasteiger partial charge in [0.2, 0.25) is 5.91 Å². The predicted molar refractivity (Wildman–Crippen MR) is 147 cm³/mol. The minimum absolute atomic E-state index is 0.113. The summed E-state index contributed by atoms with van der Waals surface area (Å²) in [6, 6.07) is 13.5. The van der Waals surface area contributed by atoms with Crippen molar-refractivity contribution in [1.29, 1.82) is 0 Å². The molecule has 0 bridgehead atoms. The van der Waals surface area contributed by atoms with Crippen molar-refractivity contribution in [3.63, 3.8) is 0 Å². The van der Waals surface area contributed by atoms with E-state index < -0.39 is 5.91 Å². The third kappa shape index (κ3) is 5.01. The number of fused-ring (bicyclic) bond motifs is 1. The Bertz CT molecular complexity index is 1700. The van der Waals surface area contributed by atoms with E-state index in [1.165, 1.54) is 0 Å². The standard InChI is InChI=1S/C27H27N11O2/c1-16-6-5-11-37(16)15-24(39)29-19-12-22(17(2)28-13-19)30-27(40)25-23-10-9-18(14-38(23)36-31-25)20-7-3-4-8-21(20)26-32-34-35-33-26/h3-4,7-10,12-14,16H,5-6,11,15H2,1-2H3,(H,29,39)(H,30,40)(H,32,33,34,35)/t16-/m0/s1. The second kappa shape index (κ2) is 10.6. The molecule has 1 aromatic carbocycles. The second-order valence-corrected chi connectivity index (χ2v) is 9.80. The van der Waals surface area contributed by atoms with Crippen molar-refractivity contribution in [1.82, 2.24) is 45.3 Å². The Morgan fingerprint density at radius 1 is 1.10 bits per heavy atom. The lowest BCUT2D eigenvalue weighted by Gasteiger charge is -2.20. The lowest BCUT2D eigenvalue weighted by Crippen LogP contribution is -2.35. The minimum Gasteiger partial charge on any atom is -0.324 e. The number of pyridine rings is 2. The van der Waals surface area contributed by atoms with E-state index in [4.69, 9.17) is 0 Å². The van der Waals surface area contributed by atoms with Crippen LogP contribution in [0.1, 0.15) is 35.9 Å². The van der Waals surface area contributed by atoms with Gasteiger partial charge in [-0.2, -0.15) is 0 Å². The molecule has 40 heavy (non-hydrogen) atoms. The molecule has 1 saturated heterocycles. The molecule has 4 aromatic heterocycles. The van der Waals surface area contributed by atoms with E-state index in [0.29, 0.717) is 41.0 Å². The van der Waals surface area contributed by atoms with Crippen LogP contribution in [0.25, 0.3) is 28.0 Å². The van der Waals surface area contributed by atoms with Gasteiger partial charge in [0.05, 0.1) is 35.3 Å². The van der Waals surface area contributed by atoms with E-state index in [0.717, 1.165) is 36.1 Å². The fraction of sp³-hybridized carbons (Fsp3) is 0.259. The Kier molecular flexibility index (Phi) is 6.70.